The molecule has 1 saturated heterocycles. The minimum atomic E-state index is -0.731. The number of rotatable bonds is 11. The van der Waals surface area contributed by atoms with Crippen molar-refractivity contribution in [2.24, 2.45) is 11.8 Å². The van der Waals surface area contributed by atoms with Gasteiger partial charge in [0.05, 0.1) is 46.3 Å². The molecule has 0 bridgehead atoms. The van der Waals surface area contributed by atoms with E-state index >= 15 is 0 Å². The molecule has 17 nitrogen and oxygen atoms in total. The number of ether oxygens (including phenoxy) is 1. The number of pyridine rings is 2. The van der Waals surface area contributed by atoms with E-state index in [4.69, 9.17) is 16.2 Å². The molecule has 1 aliphatic rings. The third-order valence-electron chi connectivity index (χ3n) is 10.4. The van der Waals surface area contributed by atoms with Gasteiger partial charge in [-0.05, 0) is 67.2 Å². The first-order valence-electron chi connectivity index (χ1n) is 20.8. The van der Waals surface area contributed by atoms with Crippen molar-refractivity contribution in [3.05, 3.63) is 95.6 Å². The SMILES string of the molecule is Cc1ccccc1CN(CC(C)C)C(=O)C(=O)Nc1cnc(N)c2cn(C3CCCCO3)nc12.Cc1ccccc1CN(CC(C)C)C(=O)C(=O)Nc1cnc(N)c2cn[nH]c12. The summed E-state index contributed by atoms with van der Waals surface area (Å²) >= 11 is 0. The first-order valence-corrected chi connectivity index (χ1v) is 20.8. The molecular weight excluding hydrogens is 789 g/mol. The molecule has 7 rings (SSSR count). The highest BCUT2D eigenvalue weighted by molar-refractivity contribution is 6.40. The summed E-state index contributed by atoms with van der Waals surface area (Å²) in [5.41, 5.74) is 17.8. The zero-order chi connectivity index (χ0) is 44.5. The summed E-state index contributed by atoms with van der Waals surface area (Å²) in [7, 11) is 0. The summed E-state index contributed by atoms with van der Waals surface area (Å²) in [6, 6.07) is 15.7. The maximum absolute atomic E-state index is 13.2. The van der Waals surface area contributed by atoms with Crippen LogP contribution in [0.1, 0.15) is 75.4 Å². The third kappa shape index (κ3) is 10.9. The highest BCUT2D eigenvalue weighted by atomic mass is 16.5. The summed E-state index contributed by atoms with van der Waals surface area (Å²) in [6.07, 6.45) is 8.92. The maximum Gasteiger partial charge on any atom is 0.314 e. The molecule has 1 unspecified atom stereocenters. The first kappa shape index (κ1) is 44.7. The number of anilines is 4. The van der Waals surface area contributed by atoms with Crippen LogP contribution in [0.15, 0.2) is 73.3 Å². The Kier molecular flexibility index (Phi) is 14.5. The molecule has 0 radical (unpaired) electrons. The average Bonchev–Trinajstić information content (AvgIpc) is 3.94. The Balaban J connectivity index is 0.000000211. The van der Waals surface area contributed by atoms with Crippen LogP contribution in [-0.4, -0.2) is 83.1 Å². The lowest BCUT2D eigenvalue weighted by atomic mass is 10.1. The van der Waals surface area contributed by atoms with Crippen molar-refractivity contribution in [3.8, 4) is 0 Å². The van der Waals surface area contributed by atoms with E-state index in [0.717, 1.165) is 41.5 Å². The average molecular weight is 845 g/mol. The molecule has 1 aliphatic heterocycles. The normalized spacial score (nSPS) is 13.8. The van der Waals surface area contributed by atoms with Gasteiger partial charge < -0.3 is 36.6 Å². The van der Waals surface area contributed by atoms with E-state index in [1.165, 1.54) is 18.6 Å². The van der Waals surface area contributed by atoms with E-state index in [0.29, 0.717) is 77.6 Å². The fraction of sp³-hybridized carbons (Fsp3) is 0.378. The first-order chi connectivity index (χ1) is 29.7. The van der Waals surface area contributed by atoms with Gasteiger partial charge >= 0.3 is 23.6 Å². The smallest absolute Gasteiger partial charge is 0.314 e. The topological polar surface area (TPSA) is 232 Å². The number of aromatic amines is 1. The number of nitrogens with zero attached hydrogens (tertiary/aromatic N) is 7. The van der Waals surface area contributed by atoms with Gasteiger partial charge in [0, 0.05) is 39.0 Å². The number of hydrogen-bond acceptors (Lipinski definition) is 11. The van der Waals surface area contributed by atoms with E-state index in [1.54, 1.807) is 20.7 Å². The monoisotopic (exact) mass is 844 g/mol. The van der Waals surface area contributed by atoms with Gasteiger partial charge in [0.1, 0.15) is 23.4 Å². The van der Waals surface area contributed by atoms with Crippen LogP contribution in [0.3, 0.4) is 0 Å². The number of amides is 4. The van der Waals surface area contributed by atoms with Crippen molar-refractivity contribution in [1.29, 1.82) is 0 Å². The largest absolute Gasteiger partial charge is 0.383 e. The number of H-pyrrole nitrogens is 1. The molecule has 1 fully saturated rings. The molecule has 0 saturated carbocycles. The predicted octanol–water partition coefficient (Wildman–Crippen LogP) is 6.12. The Bertz CT molecular complexity index is 2540. The van der Waals surface area contributed by atoms with Crippen LogP contribution < -0.4 is 22.1 Å². The van der Waals surface area contributed by atoms with E-state index in [1.807, 2.05) is 90.1 Å². The quantitative estimate of drug-likeness (QED) is 0.0933. The molecule has 7 N–H and O–H groups in total. The summed E-state index contributed by atoms with van der Waals surface area (Å²) < 4.78 is 7.54. The number of hydrogen-bond donors (Lipinski definition) is 5. The van der Waals surface area contributed by atoms with E-state index in [9.17, 15) is 19.2 Å². The number of carbonyl (C=O) groups excluding carboxylic acids is 4. The van der Waals surface area contributed by atoms with Crippen LogP contribution >= 0.6 is 0 Å². The number of nitrogens with one attached hydrogen (secondary N) is 3. The zero-order valence-electron chi connectivity index (χ0n) is 36.1. The highest BCUT2D eigenvalue weighted by Crippen LogP contribution is 2.30. The second kappa shape index (κ2) is 20.1. The van der Waals surface area contributed by atoms with Gasteiger partial charge in [-0.1, -0.05) is 76.2 Å². The van der Waals surface area contributed by atoms with Gasteiger partial charge in [0.2, 0.25) is 0 Å². The number of fused-ring (bicyclic) bond motifs is 2. The second-order valence-corrected chi connectivity index (χ2v) is 16.4. The van der Waals surface area contributed by atoms with E-state index < -0.39 is 23.6 Å². The molecule has 0 aliphatic carbocycles. The van der Waals surface area contributed by atoms with E-state index in [-0.39, 0.29) is 18.1 Å². The number of nitrogen functional groups attached to an aromatic ring is 2. The Labute approximate surface area is 360 Å². The van der Waals surface area contributed by atoms with Crippen molar-refractivity contribution < 1.29 is 23.9 Å². The van der Waals surface area contributed by atoms with Crippen molar-refractivity contribution in [3.63, 3.8) is 0 Å². The molecule has 17 heteroatoms. The van der Waals surface area contributed by atoms with Gasteiger partial charge in [-0.25, -0.2) is 14.6 Å². The third-order valence-corrected chi connectivity index (χ3v) is 10.4. The van der Waals surface area contributed by atoms with Crippen LogP contribution in [0.25, 0.3) is 21.8 Å². The lowest BCUT2D eigenvalue weighted by molar-refractivity contribution is -0.144. The van der Waals surface area contributed by atoms with Crippen molar-refractivity contribution in [2.75, 3.05) is 41.8 Å². The lowest BCUT2D eigenvalue weighted by Crippen LogP contribution is -2.41. The summed E-state index contributed by atoms with van der Waals surface area (Å²) in [5, 5.41) is 17.9. The second-order valence-electron chi connectivity index (χ2n) is 16.4. The van der Waals surface area contributed by atoms with Crippen LogP contribution in [-0.2, 0) is 37.0 Å². The number of nitrogens with two attached hydrogens (primary N) is 2. The molecule has 326 valence electrons. The molecule has 5 heterocycles. The number of aryl methyl sites for hydroxylation is 2. The maximum atomic E-state index is 13.2. The lowest BCUT2D eigenvalue weighted by Gasteiger charge is -2.25. The van der Waals surface area contributed by atoms with Crippen LogP contribution in [0, 0.1) is 25.7 Å². The predicted molar refractivity (Wildman–Crippen MR) is 239 cm³/mol. The summed E-state index contributed by atoms with van der Waals surface area (Å²) in [6.45, 7) is 14.4. The number of benzene rings is 2. The van der Waals surface area contributed by atoms with Gasteiger partial charge in [0.15, 0.2) is 0 Å². The van der Waals surface area contributed by atoms with E-state index in [2.05, 4.69) is 35.9 Å². The zero-order valence-corrected chi connectivity index (χ0v) is 36.1. The van der Waals surface area contributed by atoms with Crippen LogP contribution in [0.2, 0.25) is 0 Å². The Hall–Kier alpha value is -6.88. The Morgan fingerprint density at radius 2 is 1.31 bits per heavy atom. The molecule has 6 aromatic rings. The molecule has 1 atom stereocenters. The Morgan fingerprint density at radius 1 is 0.774 bits per heavy atom. The van der Waals surface area contributed by atoms with Crippen molar-refractivity contribution >= 4 is 68.4 Å². The number of carbonyl (C=O) groups is 4. The van der Waals surface area contributed by atoms with Crippen LogP contribution in [0.5, 0.6) is 0 Å². The Morgan fingerprint density at radius 3 is 1.84 bits per heavy atom. The van der Waals surface area contributed by atoms with Gasteiger partial charge in [-0.15, -0.1) is 0 Å². The standard InChI is InChI=1S/C25H32N6O3.C20H24N6O2/c1-16(2)13-30(14-18-9-5-4-8-17(18)3)25(33)24(32)28-20-12-27-23(26)19-15-31(29-22(19)20)21-10-6-7-11-34-21;1-12(2)10-26(11-14-7-5-4-6-13(14)3)20(28)19(27)24-16-9-22-18(21)15-8-23-25-17(15)16/h4-5,8-9,12,15-16,21H,6-7,10-11,13-14H2,1-3H3,(H2,26,27)(H,28,32);4-9,12H,10-11H2,1-3H3,(H2,21,22)(H,23,25)(H,24,27). The summed E-state index contributed by atoms with van der Waals surface area (Å²) in [4.78, 5) is 63.1. The minimum Gasteiger partial charge on any atom is -0.383 e. The van der Waals surface area contributed by atoms with Gasteiger partial charge in [-0.2, -0.15) is 10.2 Å². The van der Waals surface area contributed by atoms with Crippen LogP contribution in [0.4, 0.5) is 23.0 Å². The van der Waals surface area contributed by atoms with Crippen molar-refractivity contribution in [2.45, 2.75) is 80.1 Å². The molecule has 2 aromatic carbocycles. The molecular formula is C45H56N12O5. The molecule has 0 spiro atoms. The molecule has 62 heavy (non-hydrogen) atoms. The fourth-order valence-electron chi connectivity index (χ4n) is 7.21. The number of aromatic nitrogens is 6. The molecule has 4 aromatic heterocycles. The highest BCUT2D eigenvalue weighted by Gasteiger charge is 2.27. The molecule has 4 amide bonds. The summed E-state index contributed by atoms with van der Waals surface area (Å²) in [5.74, 6) is -1.62. The van der Waals surface area contributed by atoms with Crippen molar-refractivity contribution in [1.82, 2.24) is 39.7 Å². The van der Waals surface area contributed by atoms with Gasteiger partial charge in [0.25, 0.3) is 0 Å². The fourth-order valence-corrected chi connectivity index (χ4v) is 7.21. The van der Waals surface area contributed by atoms with Gasteiger partial charge in [-0.3, -0.25) is 24.3 Å². The minimum absolute atomic E-state index is 0.179.